The quantitative estimate of drug-likeness (QED) is 0.858. The van der Waals surface area contributed by atoms with Crippen LogP contribution in [0, 0.1) is 0 Å². The summed E-state index contributed by atoms with van der Waals surface area (Å²) < 4.78 is 0. The van der Waals surface area contributed by atoms with Gasteiger partial charge in [-0.1, -0.05) is 30.3 Å². The third-order valence-electron chi connectivity index (χ3n) is 4.21. The largest absolute Gasteiger partial charge is 0.312 e. The van der Waals surface area contributed by atoms with Gasteiger partial charge < -0.3 is 5.32 Å². The Hall–Kier alpha value is -0.860. The molecule has 1 aromatic carbocycles. The summed E-state index contributed by atoms with van der Waals surface area (Å²) in [5.41, 5.74) is 1.46. The van der Waals surface area contributed by atoms with Gasteiger partial charge in [-0.05, 0) is 44.3 Å². The first kappa shape index (κ1) is 11.2. The van der Waals surface area contributed by atoms with Crippen LogP contribution in [0.2, 0.25) is 0 Å². The van der Waals surface area contributed by atoms with Gasteiger partial charge in [-0.15, -0.1) is 0 Å². The number of rotatable bonds is 3. The first-order valence-corrected chi connectivity index (χ1v) is 6.95. The van der Waals surface area contributed by atoms with Crippen LogP contribution in [0.15, 0.2) is 30.3 Å². The monoisotopic (exact) mass is 230 g/mol. The van der Waals surface area contributed by atoms with Gasteiger partial charge in [0.15, 0.2) is 0 Å². The molecule has 0 aromatic heterocycles. The van der Waals surface area contributed by atoms with E-state index < -0.39 is 0 Å². The van der Waals surface area contributed by atoms with Gasteiger partial charge in [-0.3, -0.25) is 4.90 Å². The molecule has 0 bridgehead atoms. The first-order chi connectivity index (χ1) is 8.43. The summed E-state index contributed by atoms with van der Waals surface area (Å²) in [6, 6.07) is 12.4. The molecule has 1 N–H and O–H groups in total. The molecule has 0 aliphatic carbocycles. The Balaban J connectivity index is 1.65. The topological polar surface area (TPSA) is 15.3 Å². The number of benzene rings is 1. The third-order valence-corrected chi connectivity index (χ3v) is 4.21. The van der Waals surface area contributed by atoms with E-state index in [1.54, 1.807) is 0 Å². The Morgan fingerprint density at radius 1 is 1.12 bits per heavy atom. The first-order valence-electron chi connectivity index (χ1n) is 6.95. The van der Waals surface area contributed by atoms with Crippen LogP contribution in [0.1, 0.15) is 31.2 Å². The standard InChI is InChI=1S/C15H22N2/c1-2-6-13(7-3-1)12-17-11-5-9-15(17)14-8-4-10-16-14/h1-3,6-7,14-16H,4-5,8-12H2/t14-,15-/m1/s1. The average Bonchev–Trinajstić information content (AvgIpc) is 3.00. The van der Waals surface area contributed by atoms with Gasteiger partial charge in [-0.25, -0.2) is 0 Å². The second-order valence-corrected chi connectivity index (χ2v) is 5.37. The fourth-order valence-electron chi connectivity index (χ4n) is 3.36. The van der Waals surface area contributed by atoms with E-state index in [0.29, 0.717) is 0 Å². The predicted octanol–water partition coefficient (Wildman–Crippen LogP) is 2.40. The number of nitrogens with one attached hydrogen (secondary N) is 1. The van der Waals surface area contributed by atoms with E-state index in [1.807, 2.05) is 0 Å². The summed E-state index contributed by atoms with van der Waals surface area (Å²) in [7, 11) is 0. The fourth-order valence-corrected chi connectivity index (χ4v) is 3.36. The minimum atomic E-state index is 0.751. The lowest BCUT2D eigenvalue weighted by atomic mass is 10.0. The maximum Gasteiger partial charge on any atom is 0.0253 e. The van der Waals surface area contributed by atoms with Gasteiger partial charge >= 0.3 is 0 Å². The number of nitrogens with zero attached hydrogens (tertiary/aromatic N) is 1. The third kappa shape index (κ3) is 2.53. The Morgan fingerprint density at radius 3 is 2.76 bits per heavy atom. The number of likely N-dealkylation sites (tertiary alicyclic amines) is 1. The zero-order valence-electron chi connectivity index (χ0n) is 10.4. The molecule has 2 atom stereocenters. The summed E-state index contributed by atoms with van der Waals surface area (Å²) in [6.45, 7) is 3.63. The van der Waals surface area contributed by atoms with Crippen LogP contribution in [0.4, 0.5) is 0 Å². The lowest BCUT2D eigenvalue weighted by molar-refractivity contribution is 0.206. The van der Waals surface area contributed by atoms with E-state index >= 15 is 0 Å². The minimum absolute atomic E-state index is 0.751. The van der Waals surface area contributed by atoms with Gasteiger partial charge in [-0.2, -0.15) is 0 Å². The molecule has 2 saturated heterocycles. The number of hydrogen-bond donors (Lipinski definition) is 1. The summed E-state index contributed by atoms with van der Waals surface area (Å²) in [5.74, 6) is 0. The maximum absolute atomic E-state index is 3.67. The van der Waals surface area contributed by atoms with Crippen LogP contribution in [0.3, 0.4) is 0 Å². The summed E-state index contributed by atoms with van der Waals surface area (Å²) in [4.78, 5) is 2.68. The average molecular weight is 230 g/mol. The van der Waals surface area contributed by atoms with Crippen molar-refractivity contribution in [3.8, 4) is 0 Å². The van der Waals surface area contributed by atoms with Crippen molar-refractivity contribution in [2.75, 3.05) is 13.1 Å². The highest BCUT2D eigenvalue weighted by atomic mass is 15.2. The minimum Gasteiger partial charge on any atom is -0.312 e. The van der Waals surface area contributed by atoms with E-state index in [0.717, 1.165) is 18.6 Å². The van der Waals surface area contributed by atoms with E-state index in [4.69, 9.17) is 0 Å². The molecule has 2 aliphatic heterocycles. The predicted molar refractivity (Wildman–Crippen MR) is 70.9 cm³/mol. The molecular formula is C15H22N2. The summed E-state index contributed by atoms with van der Waals surface area (Å²) in [5, 5.41) is 3.67. The van der Waals surface area contributed by atoms with Crippen molar-refractivity contribution in [2.24, 2.45) is 0 Å². The van der Waals surface area contributed by atoms with Crippen LogP contribution in [0.5, 0.6) is 0 Å². The molecule has 2 fully saturated rings. The SMILES string of the molecule is c1ccc(CN2CCC[C@@H]2[C@H]2CCCN2)cc1. The second-order valence-electron chi connectivity index (χ2n) is 5.37. The molecule has 0 saturated carbocycles. The van der Waals surface area contributed by atoms with Crippen molar-refractivity contribution in [2.45, 2.75) is 44.3 Å². The van der Waals surface area contributed by atoms with Crippen molar-refractivity contribution in [3.63, 3.8) is 0 Å². The second kappa shape index (κ2) is 5.19. The van der Waals surface area contributed by atoms with Crippen molar-refractivity contribution >= 4 is 0 Å². The molecule has 92 valence electrons. The van der Waals surface area contributed by atoms with Crippen molar-refractivity contribution in [1.82, 2.24) is 10.2 Å². The Bertz CT molecular complexity index is 343. The van der Waals surface area contributed by atoms with Gasteiger partial charge in [0.1, 0.15) is 0 Å². The van der Waals surface area contributed by atoms with Gasteiger partial charge in [0, 0.05) is 18.6 Å². The summed E-state index contributed by atoms with van der Waals surface area (Å²) in [6.07, 6.45) is 5.48. The van der Waals surface area contributed by atoms with Crippen molar-refractivity contribution in [1.29, 1.82) is 0 Å². The van der Waals surface area contributed by atoms with E-state index in [-0.39, 0.29) is 0 Å². The Morgan fingerprint density at radius 2 is 2.00 bits per heavy atom. The van der Waals surface area contributed by atoms with Crippen LogP contribution in [-0.2, 0) is 6.54 Å². The van der Waals surface area contributed by atoms with Crippen molar-refractivity contribution < 1.29 is 0 Å². The molecule has 0 spiro atoms. The molecular weight excluding hydrogens is 208 g/mol. The highest BCUT2D eigenvalue weighted by molar-refractivity contribution is 5.15. The molecule has 0 amide bonds. The highest BCUT2D eigenvalue weighted by Crippen LogP contribution is 2.26. The lowest BCUT2D eigenvalue weighted by Gasteiger charge is -2.29. The molecule has 2 heterocycles. The number of hydrogen-bond acceptors (Lipinski definition) is 2. The van der Waals surface area contributed by atoms with Crippen LogP contribution >= 0.6 is 0 Å². The fraction of sp³-hybridized carbons (Fsp3) is 0.600. The summed E-state index contributed by atoms with van der Waals surface area (Å²) >= 11 is 0. The lowest BCUT2D eigenvalue weighted by Crippen LogP contribution is -2.43. The van der Waals surface area contributed by atoms with Crippen LogP contribution in [-0.4, -0.2) is 30.1 Å². The maximum atomic E-state index is 3.67. The van der Waals surface area contributed by atoms with E-state index in [9.17, 15) is 0 Å². The molecule has 2 nitrogen and oxygen atoms in total. The highest BCUT2D eigenvalue weighted by Gasteiger charge is 2.32. The van der Waals surface area contributed by atoms with Gasteiger partial charge in [0.05, 0.1) is 0 Å². The molecule has 0 radical (unpaired) electrons. The van der Waals surface area contributed by atoms with Gasteiger partial charge in [0.25, 0.3) is 0 Å². The van der Waals surface area contributed by atoms with Crippen LogP contribution < -0.4 is 5.32 Å². The Labute approximate surface area is 104 Å². The molecule has 17 heavy (non-hydrogen) atoms. The van der Waals surface area contributed by atoms with Crippen molar-refractivity contribution in [3.05, 3.63) is 35.9 Å². The molecule has 3 rings (SSSR count). The Kier molecular flexibility index (Phi) is 3.44. The normalized spacial score (nSPS) is 29.9. The molecule has 2 heteroatoms. The molecule has 0 unspecified atom stereocenters. The van der Waals surface area contributed by atoms with Gasteiger partial charge in [0.2, 0.25) is 0 Å². The zero-order valence-corrected chi connectivity index (χ0v) is 10.4. The molecule has 2 aliphatic rings. The van der Waals surface area contributed by atoms with E-state index in [1.165, 1.54) is 44.3 Å². The van der Waals surface area contributed by atoms with E-state index in [2.05, 4.69) is 40.5 Å². The zero-order chi connectivity index (χ0) is 11.5. The van der Waals surface area contributed by atoms with Crippen LogP contribution in [0.25, 0.3) is 0 Å². The smallest absolute Gasteiger partial charge is 0.0253 e. The molecule has 1 aromatic rings.